The minimum absolute atomic E-state index is 0.0928. The molecule has 0 aromatic heterocycles. The minimum Gasteiger partial charge on any atom is -0.508 e. The first kappa shape index (κ1) is 14.4. The Labute approximate surface area is 130 Å². The van der Waals surface area contributed by atoms with E-state index in [1.54, 1.807) is 12.1 Å². The Morgan fingerprint density at radius 2 is 1.23 bits per heavy atom. The molecule has 0 aliphatic carbocycles. The molecule has 2 N–H and O–H groups in total. The number of benzene rings is 3. The van der Waals surface area contributed by atoms with Gasteiger partial charge in [0, 0.05) is 5.56 Å². The van der Waals surface area contributed by atoms with E-state index < -0.39 is 5.60 Å². The number of aliphatic hydroxyl groups is 1. The molecule has 0 fully saturated rings. The molecule has 0 heterocycles. The molecule has 22 heavy (non-hydrogen) atoms. The lowest BCUT2D eigenvalue weighted by Crippen LogP contribution is -2.28. The highest BCUT2D eigenvalue weighted by molar-refractivity contribution is 5.52. The molecule has 0 amide bonds. The van der Waals surface area contributed by atoms with E-state index in [-0.39, 0.29) is 5.75 Å². The van der Waals surface area contributed by atoms with Gasteiger partial charge >= 0.3 is 0 Å². The molecule has 0 saturated carbocycles. The van der Waals surface area contributed by atoms with E-state index in [0.717, 1.165) is 16.7 Å². The van der Waals surface area contributed by atoms with Gasteiger partial charge in [-0.25, -0.2) is 0 Å². The number of aryl methyl sites for hydroxylation is 1. The maximum absolute atomic E-state index is 11.5. The highest BCUT2D eigenvalue weighted by Gasteiger charge is 2.35. The van der Waals surface area contributed by atoms with Gasteiger partial charge in [-0.3, -0.25) is 0 Å². The predicted molar refractivity (Wildman–Crippen MR) is 87.8 cm³/mol. The molecule has 0 unspecified atom stereocenters. The van der Waals surface area contributed by atoms with Gasteiger partial charge in [0.25, 0.3) is 0 Å². The molecule has 3 rings (SSSR count). The van der Waals surface area contributed by atoms with Crippen LogP contribution in [0.3, 0.4) is 0 Å². The summed E-state index contributed by atoms with van der Waals surface area (Å²) >= 11 is 0. The number of hydrogen-bond acceptors (Lipinski definition) is 2. The van der Waals surface area contributed by atoms with Crippen LogP contribution in [0.5, 0.6) is 5.75 Å². The predicted octanol–water partition coefficient (Wildman–Crippen LogP) is 3.98. The van der Waals surface area contributed by atoms with Crippen molar-refractivity contribution >= 4 is 0 Å². The lowest BCUT2D eigenvalue weighted by Gasteiger charge is -2.30. The number of phenols is 1. The van der Waals surface area contributed by atoms with Crippen LogP contribution in [0.25, 0.3) is 0 Å². The van der Waals surface area contributed by atoms with Crippen LogP contribution in [0.1, 0.15) is 22.3 Å². The molecule has 0 spiro atoms. The lowest BCUT2D eigenvalue weighted by molar-refractivity contribution is 0.122. The molecule has 0 bridgehead atoms. The standard InChI is InChI=1S/C20H18O2/c1-15-12-13-18(19(21)14-15)20(22,16-8-4-2-5-9-16)17-10-6-3-7-11-17/h2-14,21-22H,1H3. The fraction of sp³-hybridized carbons (Fsp3) is 0.100. The maximum Gasteiger partial charge on any atom is 0.144 e. The Hall–Kier alpha value is -2.58. The molecule has 3 aromatic carbocycles. The SMILES string of the molecule is Cc1ccc(C(O)(c2ccccc2)c2ccccc2)c(O)c1. The first-order chi connectivity index (χ1) is 10.6. The van der Waals surface area contributed by atoms with Crippen molar-refractivity contribution in [2.45, 2.75) is 12.5 Å². The Morgan fingerprint density at radius 3 is 1.68 bits per heavy atom. The third-order valence-corrected chi connectivity index (χ3v) is 3.93. The average molecular weight is 290 g/mol. The Bertz CT molecular complexity index is 725. The number of aromatic hydroxyl groups is 1. The highest BCUT2D eigenvalue weighted by atomic mass is 16.3. The van der Waals surface area contributed by atoms with E-state index in [9.17, 15) is 10.2 Å². The second kappa shape index (κ2) is 5.66. The second-order valence-electron chi connectivity index (χ2n) is 5.46. The number of phenolic OH excluding ortho intramolecular Hbond substituents is 1. The van der Waals surface area contributed by atoms with Crippen LogP contribution in [-0.2, 0) is 5.60 Å². The zero-order chi connectivity index (χ0) is 15.6. The van der Waals surface area contributed by atoms with Crippen LogP contribution < -0.4 is 0 Å². The summed E-state index contributed by atoms with van der Waals surface area (Å²) < 4.78 is 0. The van der Waals surface area contributed by atoms with Gasteiger partial charge in [0.2, 0.25) is 0 Å². The van der Waals surface area contributed by atoms with Crippen LogP contribution in [0.4, 0.5) is 0 Å². The molecular formula is C20H18O2. The van der Waals surface area contributed by atoms with Crippen molar-refractivity contribution in [3.8, 4) is 5.75 Å². The Kier molecular flexibility index (Phi) is 3.70. The van der Waals surface area contributed by atoms with Crippen LogP contribution >= 0.6 is 0 Å². The van der Waals surface area contributed by atoms with E-state index in [0.29, 0.717) is 5.56 Å². The zero-order valence-corrected chi connectivity index (χ0v) is 12.4. The molecule has 0 aliphatic rings. The molecule has 0 radical (unpaired) electrons. The Morgan fingerprint density at radius 1 is 0.727 bits per heavy atom. The minimum atomic E-state index is -1.39. The second-order valence-corrected chi connectivity index (χ2v) is 5.46. The van der Waals surface area contributed by atoms with Crippen LogP contribution in [-0.4, -0.2) is 10.2 Å². The third kappa shape index (κ3) is 2.38. The summed E-state index contributed by atoms with van der Waals surface area (Å²) in [6, 6.07) is 24.2. The van der Waals surface area contributed by atoms with Gasteiger partial charge in [-0.2, -0.15) is 0 Å². The molecule has 2 nitrogen and oxygen atoms in total. The lowest BCUT2D eigenvalue weighted by atomic mass is 9.80. The van der Waals surface area contributed by atoms with Crippen molar-refractivity contribution < 1.29 is 10.2 Å². The summed E-state index contributed by atoms with van der Waals surface area (Å²) in [5, 5.41) is 21.9. The van der Waals surface area contributed by atoms with Gasteiger partial charge in [0.1, 0.15) is 11.4 Å². The van der Waals surface area contributed by atoms with Crippen LogP contribution in [0.15, 0.2) is 78.9 Å². The Balaban J connectivity index is 2.28. The molecule has 2 heteroatoms. The van der Waals surface area contributed by atoms with Crippen LogP contribution in [0, 0.1) is 6.92 Å². The van der Waals surface area contributed by atoms with E-state index >= 15 is 0 Å². The van der Waals surface area contributed by atoms with Crippen molar-refractivity contribution in [2.75, 3.05) is 0 Å². The van der Waals surface area contributed by atoms with Gasteiger partial charge in [-0.05, 0) is 29.7 Å². The van der Waals surface area contributed by atoms with E-state index in [1.165, 1.54) is 0 Å². The van der Waals surface area contributed by atoms with Crippen molar-refractivity contribution in [3.05, 3.63) is 101 Å². The first-order valence-electron chi connectivity index (χ1n) is 7.26. The summed E-state index contributed by atoms with van der Waals surface area (Å²) in [5.41, 5.74) is 1.49. The van der Waals surface area contributed by atoms with Gasteiger partial charge in [-0.1, -0.05) is 72.8 Å². The summed E-state index contributed by atoms with van der Waals surface area (Å²) in [5.74, 6) is 0.0928. The van der Waals surface area contributed by atoms with Gasteiger partial charge < -0.3 is 10.2 Å². The summed E-state index contributed by atoms with van der Waals surface area (Å²) in [4.78, 5) is 0. The molecular weight excluding hydrogens is 272 g/mol. The first-order valence-corrected chi connectivity index (χ1v) is 7.26. The van der Waals surface area contributed by atoms with Gasteiger partial charge in [0.05, 0.1) is 0 Å². The van der Waals surface area contributed by atoms with E-state index in [2.05, 4.69) is 0 Å². The van der Waals surface area contributed by atoms with Crippen molar-refractivity contribution in [3.63, 3.8) is 0 Å². The molecule has 110 valence electrons. The fourth-order valence-corrected chi connectivity index (χ4v) is 2.78. The van der Waals surface area contributed by atoms with Crippen molar-refractivity contribution in [1.82, 2.24) is 0 Å². The van der Waals surface area contributed by atoms with Crippen LogP contribution in [0.2, 0.25) is 0 Å². The summed E-state index contributed by atoms with van der Waals surface area (Å²) in [6.45, 7) is 1.91. The van der Waals surface area contributed by atoms with E-state index in [1.807, 2.05) is 73.7 Å². The highest BCUT2D eigenvalue weighted by Crippen LogP contribution is 2.40. The number of hydrogen-bond donors (Lipinski definition) is 2. The molecule has 0 atom stereocenters. The quantitative estimate of drug-likeness (QED) is 0.716. The largest absolute Gasteiger partial charge is 0.508 e. The average Bonchev–Trinajstić information content (AvgIpc) is 2.56. The molecule has 0 aliphatic heterocycles. The monoisotopic (exact) mass is 290 g/mol. The van der Waals surface area contributed by atoms with Crippen molar-refractivity contribution in [2.24, 2.45) is 0 Å². The summed E-state index contributed by atoms with van der Waals surface area (Å²) in [6.07, 6.45) is 0. The van der Waals surface area contributed by atoms with Gasteiger partial charge in [-0.15, -0.1) is 0 Å². The fourth-order valence-electron chi connectivity index (χ4n) is 2.78. The normalized spacial score (nSPS) is 11.4. The third-order valence-electron chi connectivity index (χ3n) is 3.93. The topological polar surface area (TPSA) is 40.5 Å². The van der Waals surface area contributed by atoms with E-state index in [4.69, 9.17) is 0 Å². The molecule has 3 aromatic rings. The maximum atomic E-state index is 11.5. The van der Waals surface area contributed by atoms with Gasteiger partial charge in [0.15, 0.2) is 0 Å². The zero-order valence-electron chi connectivity index (χ0n) is 12.4. The smallest absolute Gasteiger partial charge is 0.144 e. The van der Waals surface area contributed by atoms with Crippen molar-refractivity contribution in [1.29, 1.82) is 0 Å². The number of rotatable bonds is 3. The molecule has 0 saturated heterocycles. The summed E-state index contributed by atoms with van der Waals surface area (Å²) in [7, 11) is 0.